The predicted octanol–water partition coefficient (Wildman–Crippen LogP) is 2.13. The van der Waals surface area contributed by atoms with Gasteiger partial charge in [0.25, 0.3) is 0 Å². The standard InChI is InChI=1S/C15H28N2O4/c1-11(13(18)19)6-4-7-12(2)17-14(20)16-10-15(3)8-5-9-21-15/h11-12H,4-10H2,1-3H3,(H,18,19)(H2,16,17,20). The Morgan fingerprint density at radius 3 is 2.62 bits per heavy atom. The van der Waals surface area contributed by atoms with Crippen LogP contribution in [0.25, 0.3) is 0 Å². The lowest BCUT2D eigenvalue weighted by Crippen LogP contribution is -2.46. The number of rotatable bonds is 8. The average Bonchev–Trinajstić information content (AvgIpc) is 2.83. The minimum atomic E-state index is -0.766. The van der Waals surface area contributed by atoms with E-state index in [4.69, 9.17) is 9.84 Å². The number of nitrogens with one attached hydrogen (secondary N) is 2. The van der Waals surface area contributed by atoms with E-state index in [0.29, 0.717) is 13.0 Å². The highest BCUT2D eigenvalue weighted by molar-refractivity contribution is 5.74. The molecule has 0 aromatic carbocycles. The Morgan fingerprint density at radius 2 is 2.05 bits per heavy atom. The number of ether oxygens (including phenoxy) is 1. The Kier molecular flexibility index (Phi) is 6.95. The largest absolute Gasteiger partial charge is 0.481 e. The maximum atomic E-state index is 11.8. The van der Waals surface area contributed by atoms with E-state index in [9.17, 15) is 9.59 Å². The Labute approximate surface area is 126 Å². The molecule has 0 radical (unpaired) electrons. The van der Waals surface area contributed by atoms with E-state index in [0.717, 1.165) is 32.3 Å². The number of carbonyl (C=O) groups excluding carboxylic acids is 1. The van der Waals surface area contributed by atoms with Gasteiger partial charge in [0.15, 0.2) is 0 Å². The molecule has 0 aromatic rings. The molecule has 1 aliphatic heterocycles. The SMILES string of the molecule is CC(CCCC(C)C(=O)O)NC(=O)NCC1(C)CCCO1. The molecule has 1 saturated heterocycles. The summed E-state index contributed by atoms with van der Waals surface area (Å²) < 4.78 is 5.61. The summed E-state index contributed by atoms with van der Waals surface area (Å²) in [6.07, 6.45) is 4.21. The van der Waals surface area contributed by atoms with Gasteiger partial charge in [-0.05, 0) is 39.5 Å². The normalized spacial score (nSPS) is 24.3. The lowest BCUT2D eigenvalue weighted by atomic mass is 10.0. The van der Waals surface area contributed by atoms with E-state index < -0.39 is 5.97 Å². The maximum Gasteiger partial charge on any atom is 0.315 e. The Balaban J connectivity index is 2.14. The van der Waals surface area contributed by atoms with Gasteiger partial charge in [-0.1, -0.05) is 13.3 Å². The van der Waals surface area contributed by atoms with Crippen LogP contribution in [0.15, 0.2) is 0 Å². The highest BCUT2D eigenvalue weighted by Gasteiger charge is 2.30. The van der Waals surface area contributed by atoms with E-state index >= 15 is 0 Å². The number of hydrogen-bond donors (Lipinski definition) is 3. The molecule has 2 amide bonds. The monoisotopic (exact) mass is 300 g/mol. The molecule has 3 atom stereocenters. The number of amides is 2. The Bertz CT molecular complexity index is 354. The zero-order valence-corrected chi connectivity index (χ0v) is 13.3. The second kappa shape index (κ2) is 8.22. The van der Waals surface area contributed by atoms with Gasteiger partial charge in [0, 0.05) is 19.2 Å². The fourth-order valence-corrected chi connectivity index (χ4v) is 2.44. The molecule has 0 saturated carbocycles. The first kappa shape index (κ1) is 17.8. The minimum Gasteiger partial charge on any atom is -0.481 e. The number of aliphatic carboxylic acids is 1. The van der Waals surface area contributed by atoms with Gasteiger partial charge in [0.1, 0.15) is 0 Å². The van der Waals surface area contributed by atoms with Crippen molar-refractivity contribution in [2.24, 2.45) is 5.92 Å². The molecule has 0 aliphatic carbocycles. The van der Waals surface area contributed by atoms with Crippen LogP contribution < -0.4 is 10.6 Å². The van der Waals surface area contributed by atoms with Crippen molar-refractivity contribution >= 4 is 12.0 Å². The average molecular weight is 300 g/mol. The first-order chi connectivity index (χ1) is 9.82. The van der Waals surface area contributed by atoms with Crippen LogP contribution in [0.2, 0.25) is 0 Å². The van der Waals surface area contributed by atoms with E-state index in [1.165, 1.54) is 0 Å². The van der Waals surface area contributed by atoms with Gasteiger partial charge in [-0.15, -0.1) is 0 Å². The quantitative estimate of drug-likeness (QED) is 0.641. The van der Waals surface area contributed by atoms with E-state index in [1.807, 2.05) is 13.8 Å². The van der Waals surface area contributed by atoms with Gasteiger partial charge in [-0.3, -0.25) is 4.79 Å². The number of urea groups is 1. The van der Waals surface area contributed by atoms with Crippen LogP contribution in [-0.2, 0) is 9.53 Å². The summed E-state index contributed by atoms with van der Waals surface area (Å²) in [6.45, 7) is 6.92. The molecular weight excluding hydrogens is 272 g/mol. The summed E-state index contributed by atoms with van der Waals surface area (Å²) in [7, 11) is 0. The van der Waals surface area contributed by atoms with E-state index in [1.54, 1.807) is 6.92 Å². The van der Waals surface area contributed by atoms with Gasteiger partial charge in [0.05, 0.1) is 11.5 Å². The van der Waals surface area contributed by atoms with E-state index in [-0.39, 0.29) is 23.6 Å². The number of carboxylic acid groups (broad SMARTS) is 1. The Morgan fingerprint density at radius 1 is 1.33 bits per heavy atom. The number of carboxylic acids is 1. The molecule has 0 spiro atoms. The second-order valence-corrected chi connectivity index (χ2v) is 6.30. The summed E-state index contributed by atoms with van der Waals surface area (Å²) >= 11 is 0. The predicted molar refractivity (Wildman–Crippen MR) is 80.2 cm³/mol. The molecule has 0 aromatic heterocycles. The summed E-state index contributed by atoms with van der Waals surface area (Å²) in [5.41, 5.74) is -0.239. The first-order valence-electron chi connectivity index (χ1n) is 7.73. The van der Waals surface area contributed by atoms with Crippen molar-refractivity contribution < 1.29 is 19.4 Å². The fourth-order valence-electron chi connectivity index (χ4n) is 2.44. The van der Waals surface area contributed by atoms with Crippen molar-refractivity contribution in [2.45, 2.75) is 64.5 Å². The summed E-state index contributed by atoms with van der Waals surface area (Å²) in [5, 5.41) is 14.5. The molecule has 6 heteroatoms. The van der Waals surface area contributed by atoms with Crippen molar-refractivity contribution in [2.75, 3.05) is 13.2 Å². The van der Waals surface area contributed by atoms with Crippen LogP contribution in [0.5, 0.6) is 0 Å². The second-order valence-electron chi connectivity index (χ2n) is 6.30. The zero-order chi connectivity index (χ0) is 15.9. The summed E-state index contributed by atoms with van der Waals surface area (Å²) in [6, 6.07) is -0.159. The lowest BCUT2D eigenvalue weighted by molar-refractivity contribution is -0.141. The molecule has 3 unspecified atom stereocenters. The molecule has 0 bridgehead atoms. The third-order valence-electron chi connectivity index (χ3n) is 4.00. The smallest absolute Gasteiger partial charge is 0.315 e. The van der Waals surface area contributed by atoms with Crippen molar-refractivity contribution in [1.82, 2.24) is 10.6 Å². The molecule has 1 heterocycles. The third kappa shape index (κ3) is 6.80. The topological polar surface area (TPSA) is 87.7 Å². The number of carbonyl (C=O) groups is 2. The van der Waals surface area contributed by atoms with Crippen LogP contribution in [-0.4, -0.2) is 41.9 Å². The summed E-state index contributed by atoms with van der Waals surface area (Å²) in [5.74, 6) is -1.09. The highest BCUT2D eigenvalue weighted by Crippen LogP contribution is 2.23. The molecule has 21 heavy (non-hydrogen) atoms. The molecule has 1 aliphatic rings. The van der Waals surface area contributed by atoms with Crippen molar-refractivity contribution in [1.29, 1.82) is 0 Å². The van der Waals surface area contributed by atoms with Crippen LogP contribution >= 0.6 is 0 Å². The summed E-state index contributed by atoms with van der Waals surface area (Å²) in [4.78, 5) is 22.5. The van der Waals surface area contributed by atoms with Crippen molar-refractivity contribution in [3.8, 4) is 0 Å². The highest BCUT2D eigenvalue weighted by atomic mass is 16.5. The van der Waals surface area contributed by atoms with Crippen LogP contribution in [0.4, 0.5) is 4.79 Å². The van der Waals surface area contributed by atoms with E-state index in [2.05, 4.69) is 10.6 Å². The van der Waals surface area contributed by atoms with Gasteiger partial charge in [-0.25, -0.2) is 4.79 Å². The molecular formula is C15H28N2O4. The lowest BCUT2D eigenvalue weighted by Gasteiger charge is -2.24. The van der Waals surface area contributed by atoms with Crippen LogP contribution in [0, 0.1) is 5.92 Å². The fraction of sp³-hybridized carbons (Fsp3) is 0.867. The number of hydrogen-bond acceptors (Lipinski definition) is 3. The molecule has 1 rings (SSSR count). The third-order valence-corrected chi connectivity index (χ3v) is 4.00. The van der Waals surface area contributed by atoms with Gasteiger partial charge in [0.2, 0.25) is 0 Å². The maximum absolute atomic E-state index is 11.8. The van der Waals surface area contributed by atoms with Crippen LogP contribution in [0.3, 0.4) is 0 Å². The zero-order valence-electron chi connectivity index (χ0n) is 13.3. The molecule has 6 nitrogen and oxygen atoms in total. The minimum absolute atomic E-state index is 0.0308. The van der Waals surface area contributed by atoms with Crippen LogP contribution in [0.1, 0.15) is 52.9 Å². The first-order valence-corrected chi connectivity index (χ1v) is 7.73. The van der Waals surface area contributed by atoms with Crippen molar-refractivity contribution in [3.05, 3.63) is 0 Å². The molecule has 1 fully saturated rings. The molecule has 3 N–H and O–H groups in total. The molecule has 122 valence electrons. The van der Waals surface area contributed by atoms with Gasteiger partial charge >= 0.3 is 12.0 Å². The van der Waals surface area contributed by atoms with Gasteiger partial charge < -0.3 is 20.5 Å². The van der Waals surface area contributed by atoms with Gasteiger partial charge in [-0.2, -0.15) is 0 Å². The van der Waals surface area contributed by atoms with Crippen molar-refractivity contribution in [3.63, 3.8) is 0 Å². The Hall–Kier alpha value is -1.30.